The zero-order chi connectivity index (χ0) is 13.0. The highest BCUT2D eigenvalue weighted by atomic mass is 79.9. The standard InChI is InChI=1S/C12H25BrO2S/c1-6-12(7-2,8-13)9-16(14,15)11(5)10(3)4/h10-11H,6-9H2,1-5H3. The average Bonchev–Trinajstić information content (AvgIpc) is 2.24. The lowest BCUT2D eigenvalue weighted by molar-refractivity contribution is 0.348. The molecule has 1 atom stereocenters. The van der Waals surface area contributed by atoms with Gasteiger partial charge in [-0.3, -0.25) is 0 Å². The predicted octanol–water partition coefficient (Wildman–Crippen LogP) is 3.65. The molecule has 0 spiro atoms. The van der Waals surface area contributed by atoms with Gasteiger partial charge in [-0.1, -0.05) is 43.6 Å². The van der Waals surface area contributed by atoms with E-state index in [1.54, 1.807) is 0 Å². The second kappa shape index (κ2) is 6.39. The van der Waals surface area contributed by atoms with Crippen LogP contribution in [0.3, 0.4) is 0 Å². The van der Waals surface area contributed by atoms with Gasteiger partial charge in [0.1, 0.15) is 0 Å². The lowest BCUT2D eigenvalue weighted by Gasteiger charge is -2.31. The van der Waals surface area contributed by atoms with E-state index in [1.807, 2.05) is 20.8 Å². The molecule has 0 rings (SSSR count). The molecule has 0 aromatic heterocycles. The highest BCUT2D eigenvalue weighted by Gasteiger charge is 2.35. The van der Waals surface area contributed by atoms with Crippen LogP contribution in [0, 0.1) is 11.3 Å². The zero-order valence-electron chi connectivity index (χ0n) is 11.1. The maximum atomic E-state index is 12.2. The lowest BCUT2D eigenvalue weighted by Crippen LogP contribution is -2.36. The summed E-state index contributed by atoms with van der Waals surface area (Å²) in [6, 6.07) is 0. The van der Waals surface area contributed by atoms with Crippen molar-refractivity contribution in [1.82, 2.24) is 0 Å². The lowest BCUT2D eigenvalue weighted by atomic mass is 9.87. The molecular formula is C12H25BrO2S. The van der Waals surface area contributed by atoms with Gasteiger partial charge in [0, 0.05) is 5.33 Å². The van der Waals surface area contributed by atoms with Crippen LogP contribution >= 0.6 is 15.9 Å². The van der Waals surface area contributed by atoms with Gasteiger partial charge in [-0.15, -0.1) is 0 Å². The summed E-state index contributed by atoms with van der Waals surface area (Å²) in [7, 11) is -2.98. The highest BCUT2D eigenvalue weighted by Crippen LogP contribution is 2.32. The monoisotopic (exact) mass is 312 g/mol. The molecular weight excluding hydrogens is 288 g/mol. The Balaban J connectivity index is 4.94. The second-order valence-electron chi connectivity index (χ2n) is 5.10. The molecule has 4 heteroatoms. The van der Waals surface area contributed by atoms with Crippen LogP contribution in [0.5, 0.6) is 0 Å². The fraction of sp³-hybridized carbons (Fsp3) is 1.00. The van der Waals surface area contributed by atoms with Crippen molar-refractivity contribution in [1.29, 1.82) is 0 Å². The molecule has 98 valence electrons. The minimum Gasteiger partial charge on any atom is -0.229 e. The van der Waals surface area contributed by atoms with Crippen LogP contribution in [0.15, 0.2) is 0 Å². The zero-order valence-corrected chi connectivity index (χ0v) is 13.5. The third kappa shape index (κ3) is 4.02. The summed E-state index contributed by atoms with van der Waals surface area (Å²) in [5, 5.41) is 0.515. The minimum atomic E-state index is -2.98. The number of hydrogen-bond acceptors (Lipinski definition) is 2. The van der Waals surface area contributed by atoms with E-state index in [-0.39, 0.29) is 16.6 Å². The molecule has 0 saturated carbocycles. The van der Waals surface area contributed by atoms with Crippen LogP contribution in [0.25, 0.3) is 0 Å². The van der Waals surface area contributed by atoms with Crippen molar-refractivity contribution in [2.24, 2.45) is 11.3 Å². The van der Waals surface area contributed by atoms with Crippen LogP contribution in [-0.2, 0) is 9.84 Å². The molecule has 0 saturated heterocycles. The molecule has 0 N–H and O–H groups in total. The van der Waals surface area contributed by atoms with Gasteiger partial charge in [0.15, 0.2) is 9.84 Å². The largest absolute Gasteiger partial charge is 0.229 e. The Labute approximate surface area is 109 Å². The highest BCUT2D eigenvalue weighted by molar-refractivity contribution is 9.09. The maximum absolute atomic E-state index is 12.2. The average molecular weight is 313 g/mol. The van der Waals surface area contributed by atoms with Crippen molar-refractivity contribution in [2.45, 2.75) is 52.7 Å². The maximum Gasteiger partial charge on any atom is 0.153 e. The molecule has 0 heterocycles. The normalized spacial score (nSPS) is 15.4. The van der Waals surface area contributed by atoms with Crippen molar-refractivity contribution in [3.05, 3.63) is 0 Å². The van der Waals surface area contributed by atoms with Crippen molar-refractivity contribution >= 4 is 25.8 Å². The minimum absolute atomic E-state index is 0.0953. The molecule has 2 nitrogen and oxygen atoms in total. The second-order valence-corrected chi connectivity index (χ2v) is 8.02. The summed E-state index contributed by atoms with van der Waals surface area (Å²) < 4.78 is 24.5. The molecule has 0 aliphatic carbocycles. The Morgan fingerprint density at radius 3 is 1.81 bits per heavy atom. The molecule has 0 aliphatic heterocycles. The molecule has 0 radical (unpaired) electrons. The summed E-state index contributed by atoms with van der Waals surface area (Å²) in [6.07, 6.45) is 1.80. The first-order valence-corrected chi connectivity index (χ1v) is 8.86. The van der Waals surface area contributed by atoms with E-state index >= 15 is 0 Å². The van der Waals surface area contributed by atoms with Gasteiger partial charge in [-0.05, 0) is 31.1 Å². The van der Waals surface area contributed by atoms with E-state index in [1.165, 1.54) is 0 Å². The number of hydrogen-bond donors (Lipinski definition) is 0. The molecule has 16 heavy (non-hydrogen) atoms. The van der Waals surface area contributed by atoms with Gasteiger partial charge >= 0.3 is 0 Å². The van der Waals surface area contributed by atoms with Gasteiger partial charge in [0.05, 0.1) is 11.0 Å². The molecule has 0 aromatic rings. The number of rotatable bonds is 7. The molecule has 0 bridgehead atoms. The number of halogens is 1. The van der Waals surface area contributed by atoms with E-state index in [0.717, 1.165) is 18.2 Å². The first kappa shape index (κ1) is 16.4. The smallest absolute Gasteiger partial charge is 0.153 e. The van der Waals surface area contributed by atoms with Gasteiger partial charge in [-0.2, -0.15) is 0 Å². The van der Waals surface area contributed by atoms with E-state index in [9.17, 15) is 8.42 Å². The van der Waals surface area contributed by atoms with E-state index in [0.29, 0.717) is 5.75 Å². The van der Waals surface area contributed by atoms with Crippen molar-refractivity contribution in [3.63, 3.8) is 0 Å². The Morgan fingerprint density at radius 1 is 1.12 bits per heavy atom. The summed E-state index contributed by atoms with van der Waals surface area (Å²) in [5.74, 6) is 0.490. The Bertz CT molecular complexity index is 284. The summed E-state index contributed by atoms with van der Waals surface area (Å²) in [4.78, 5) is 0. The van der Waals surface area contributed by atoms with Crippen LogP contribution in [0.4, 0.5) is 0 Å². The van der Waals surface area contributed by atoms with Crippen LogP contribution in [0.2, 0.25) is 0 Å². The van der Waals surface area contributed by atoms with E-state index in [2.05, 4.69) is 29.8 Å². The Hall–Kier alpha value is 0.430. The first-order chi connectivity index (χ1) is 7.24. The SMILES string of the molecule is CCC(CC)(CBr)CS(=O)(=O)C(C)C(C)C. The van der Waals surface area contributed by atoms with Gasteiger partial charge in [0.25, 0.3) is 0 Å². The van der Waals surface area contributed by atoms with Crippen molar-refractivity contribution in [3.8, 4) is 0 Å². The first-order valence-electron chi connectivity index (χ1n) is 6.02. The summed E-state index contributed by atoms with van der Waals surface area (Å²) >= 11 is 3.47. The fourth-order valence-corrected chi connectivity index (χ4v) is 5.36. The van der Waals surface area contributed by atoms with Crippen LogP contribution < -0.4 is 0 Å². The molecule has 0 fully saturated rings. The van der Waals surface area contributed by atoms with Crippen molar-refractivity contribution < 1.29 is 8.42 Å². The van der Waals surface area contributed by atoms with Crippen molar-refractivity contribution in [2.75, 3.05) is 11.1 Å². The Kier molecular flexibility index (Phi) is 6.56. The summed E-state index contributed by atoms with van der Waals surface area (Å²) in [5.41, 5.74) is -0.0953. The van der Waals surface area contributed by atoms with Crippen LogP contribution in [0.1, 0.15) is 47.5 Å². The third-order valence-electron chi connectivity index (χ3n) is 3.80. The topological polar surface area (TPSA) is 34.1 Å². The number of sulfone groups is 1. The van der Waals surface area contributed by atoms with Gasteiger partial charge in [-0.25, -0.2) is 8.42 Å². The quantitative estimate of drug-likeness (QED) is 0.672. The number of alkyl halides is 1. The molecule has 0 amide bonds. The molecule has 0 aromatic carbocycles. The molecule has 1 unspecified atom stereocenters. The van der Waals surface area contributed by atoms with Gasteiger partial charge in [0.2, 0.25) is 0 Å². The predicted molar refractivity (Wildman–Crippen MR) is 74.9 cm³/mol. The Morgan fingerprint density at radius 2 is 1.56 bits per heavy atom. The summed E-state index contributed by atoms with van der Waals surface area (Å²) in [6.45, 7) is 9.90. The van der Waals surface area contributed by atoms with E-state index < -0.39 is 9.84 Å². The molecule has 0 aliphatic rings. The van der Waals surface area contributed by atoms with Crippen LogP contribution in [-0.4, -0.2) is 24.8 Å². The third-order valence-corrected chi connectivity index (χ3v) is 7.68. The van der Waals surface area contributed by atoms with Gasteiger partial charge < -0.3 is 0 Å². The van der Waals surface area contributed by atoms with E-state index in [4.69, 9.17) is 0 Å². The fourth-order valence-electron chi connectivity index (χ4n) is 1.65.